The Morgan fingerprint density at radius 2 is 1.76 bits per heavy atom. The van der Waals surface area contributed by atoms with Crippen molar-refractivity contribution in [3.8, 4) is 0 Å². The number of rotatable bonds is 4. The van der Waals surface area contributed by atoms with Gasteiger partial charge >= 0.3 is 0 Å². The van der Waals surface area contributed by atoms with Crippen molar-refractivity contribution in [3.05, 3.63) is 66.4 Å². The highest BCUT2D eigenvalue weighted by Crippen LogP contribution is 2.28. The maximum Gasteiger partial charge on any atom is 0.0950 e. The molecule has 2 aromatic carbocycles. The first-order valence-corrected chi connectivity index (χ1v) is 6.97. The molecule has 0 fully saturated rings. The molecule has 0 saturated carbocycles. The van der Waals surface area contributed by atoms with Gasteiger partial charge in [-0.1, -0.05) is 48.5 Å². The number of nitrogens with one attached hydrogen (secondary N) is 1. The number of aromatic nitrogens is 2. The molecule has 1 unspecified atom stereocenters. The maximum absolute atomic E-state index is 6.03. The van der Waals surface area contributed by atoms with Crippen molar-refractivity contribution in [2.75, 3.05) is 11.9 Å². The molecule has 1 atom stereocenters. The summed E-state index contributed by atoms with van der Waals surface area (Å²) in [6.07, 6.45) is 1.75. The second-order valence-electron chi connectivity index (χ2n) is 5.30. The molecular formula is C17H18N4. The molecule has 0 aliphatic carbocycles. The fourth-order valence-corrected chi connectivity index (χ4v) is 2.45. The molecule has 0 aliphatic rings. The standard InChI is InChI=1S/C17H18N4/c1-17(12-18,13-7-3-2-4-8-13)20-16-11-19-21-15-10-6-5-9-14(15)16/h2-11H,12,18H2,1H3,(H,20,21). The van der Waals surface area contributed by atoms with Crippen LogP contribution in [0.5, 0.6) is 0 Å². The van der Waals surface area contributed by atoms with Gasteiger partial charge in [0.1, 0.15) is 0 Å². The van der Waals surface area contributed by atoms with Crippen molar-refractivity contribution in [1.29, 1.82) is 0 Å². The number of anilines is 1. The van der Waals surface area contributed by atoms with Crippen LogP contribution in [0.3, 0.4) is 0 Å². The highest BCUT2D eigenvalue weighted by Gasteiger charge is 2.25. The highest BCUT2D eigenvalue weighted by molar-refractivity contribution is 5.90. The SMILES string of the molecule is CC(CN)(Nc1cnnc2ccccc12)c1ccccc1. The van der Waals surface area contributed by atoms with E-state index < -0.39 is 0 Å². The molecule has 3 aromatic rings. The molecule has 0 aliphatic heterocycles. The van der Waals surface area contributed by atoms with E-state index in [1.54, 1.807) is 6.20 Å². The van der Waals surface area contributed by atoms with Gasteiger partial charge in [-0.05, 0) is 18.6 Å². The van der Waals surface area contributed by atoms with Gasteiger partial charge in [-0.25, -0.2) is 0 Å². The predicted octanol–water partition coefficient (Wildman–Crippen LogP) is 2.92. The van der Waals surface area contributed by atoms with Crippen molar-refractivity contribution >= 4 is 16.6 Å². The van der Waals surface area contributed by atoms with E-state index in [0.717, 1.165) is 22.2 Å². The molecule has 0 bridgehead atoms. The lowest BCUT2D eigenvalue weighted by molar-refractivity contribution is 0.557. The first kappa shape index (κ1) is 13.5. The van der Waals surface area contributed by atoms with Gasteiger partial charge in [0.05, 0.1) is 22.9 Å². The van der Waals surface area contributed by atoms with Gasteiger partial charge in [0.15, 0.2) is 0 Å². The summed E-state index contributed by atoms with van der Waals surface area (Å²) in [7, 11) is 0. The minimum atomic E-state index is -0.354. The number of nitrogens with two attached hydrogens (primary N) is 1. The summed E-state index contributed by atoms with van der Waals surface area (Å²) in [6.45, 7) is 2.57. The summed E-state index contributed by atoms with van der Waals surface area (Å²) in [5, 5.41) is 12.8. The molecule has 21 heavy (non-hydrogen) atoms. The van der Waals surface area contributed by atoms with E-state index in [4.69, 9.17) is 5.73 Å². The smallest absolute Gasteiger partial charge is 0.0950 e. The summed E-state index contributed by atoms with van der Waals surface area (Å²) in [4.78, 5) is 0. The van der Waals surface area contributed by atoms with Crippen LogP contribution in [-0.2, 0) is 5.54 Å². The molecule has 0 radical (unpaired) electrons. The fourth-order valence-electron chi connectivity index (χ4n) is 2.45. The Morgan fingerprint density at radius 1 is 1.05 bits per heavy atom. The lowest BCUT2D eigenvalue weighted by atomic mass is 9.91. The summed E-state index contributed by atoms with van der Waals surface area (Å²) in [5.41, 5.74) is 8.64. The van der Waals surface area contributed by atoms with Gasteiger partial charge in [0, 0.05) is 11.9 Å². The molecule has 3 N–H and O–H groups in total. The lowest BCUT2D eigenvalue weighted by Crippen LogP contribution is -2.39. The van der Waals surface area contributed by atoms with Gasteiger partial charge in [-0.15, -0.1) is 0 Å². The fraction of sp³-hybridized carbons (Fsp3) is 0.176. The van der Waals surface area contributed by atoms with Gasteiger partial charge < -0.3 is 11.1 Å². The van der Waals surface area contributed by atoms with Gasteiger partial charge in [0.2, 0.25) is 0 Å². The van der Waals surface area contributed by atoms with E-state index in [-0.39, 0.29) is 5.54 Å². The highest BCUT2D eigenvalue weighted by atomic mass is 15.1. The molecule has 0 spiro atoms. The minimum Gasteiger partial charge on any atom is -0.373 e. The van der Waals surface area contributed by atoms with Crippen molar-refractivity contribution in [1.82, 2.24) is 10.2 Å². The first-order valence-electron chi connectivity index (χ1n) is 6.97. The first-order chi connectivity index (χ1) is 10.2. The van der Waals surface area contributed by atoms with Crippen molar-refractivity contribution in [2.45, 2.75) is 12.5 Å². The minimum absolute atomic E-state index is 0.354. The zero-order valence-corrected chi connectivity index (χ0v) is 12.0. The Labute approximate surface area is 124 Å². The van der Waals surface area contributed by atoms with Crippen LogP contribution < -0.4 is 11.1 Å². The average Bonchev–Trinajstić information content (AvgIpc) is 2.56. The number of benzene rings is 2. The molecular weight excluding hydrogens is 260 g/mol. The van der Waals surface area contributed by atoms with Crippen molar-refractivity contribution in [2.24, 2.45) is 5.73 Å². The van der Waals surface area contributed by atoms with Crippen LogP contribution in [0.15, 0.2) is 60.8 Å². The van der Waals surface area contributed by atoms with Crippen LogP contribution in [0.1, 0.15) is 12.5 Å². The lowest BCUT2D eigenvalue weighted by Gasteiger charge is -2.31. The third kappa shape index (κ3) is 2.58. The zero-order valence-electron chi connectivity index (χ0n) is 12.0. The molecule has 3 rings (SSSR count). The summed E-state index contributed by atoms with van der Waals surface area (Å²) in [5.74, 6) is 0. The third-order valence-electron chi connectivity index (χ3n) is 3.78. The van der Waals surface area contributed by atoms with E-state index in [0.29, 0.717) is 6.54 Å². The number of hydrogen-bond donors (Lipinski definition) is 2. The second kappa shape index (κ2) is 5.50. The molecule has 4 heteroatoms. The summed E-state index contributed by atoms with van der Waals surface area (Å²) >= 11 is 0. The van der Waals surface area contributed by atoms with Crippen LogP contribution in [0.25, 0.3) is 10.9 Å². The number of nitrogens with zero attached hydrogens (tertiary/aromatic N) is 2. The monoisotopic (exact) mass is 278 g/mol. The van der Waals surface area contributed by atoms with E-state index in [9.17, 15) is 0 Å². The molecule has 1 aromatic heterocycles. The maximum atomic E-state index is 6.03. The van der Waals surface area contributed by atoms with Crippen LogP contribution >= 0.6 is 0 Å². The van der Waals surface area contributed by atoms with Gasteiger partial charge in [0.25, 0.3) is 0 Å². The molecule has 0 saturated heterocycles. The zero-order chi connectivity index (χ0) is 14.7. The van der Waals surface area contributed by atoms with Crippen LogP contribution in [-0.4, -0.2) is 16.7 Å². The molecule has 1 heterocycles. The van der Waals surface area contributed by atoms with Crippen LogP contribution in [0.2, 0.25) is 0 Å². The third-order valence-corrected chi connectivity index (χ3v) is 3.78. The van der Waals surface area contributed by atoms with E-state index in [2.05, 4.69) is 34.6 Å². The Hall–Kier alpha value is -2.46. The quantitative estimate of drug-likeness (QED) is 0.770. The molecule has 106 valence electrons. The normalized spacial score (nSPS) is 13.8. The summed E-state index contributed by atoms with van der Waals surface area (Å²) in [6, 6.07) is 18.2. The van der Waals surface area contributed by atoms with Crippen LogP contribution in [0, 0.1) is 0 Å². The van der Waals surface area contributed by atoms with E-state index in [1.165, 1.54) is 0 Å². The Morgan fingerprint density at radius 3 is 2.52 bits per heavy atom. The average molecular weight is 278 g/mol. The van der Waals surface area contributed by atoms with Crippen molar-refractivity contribution in [3.63, 3.8) is 0 Å². The number of fused-ring (bicyclic) bond motifs is 1. The summed E-state index contributed by atoms with van der Waals surface area (Å²) < 4.78 is 0. The van der Waals surface area contributed by atoms with Gasteiger partial charge in [-0.3, -0.25) is 0 Å². The molecule has 4 nitrogen and oxygen atoms in total. The van der Waals surface area contributed by atoms with Gasteiger partial charge in [-0.2, -0.15) is 10.2 Å². The van der Waals surface area contributed by atoms with Crippen molar-refractivity contribution < 1.29 is 0 Å². The molecule has 0 amide bonds. The van der Waals surface area contributed by atoms with Crippen LogP contribution in [0.4, 0.5) is 5.69 Å². The number of hydrogen-bond acceptors (Lipinski definition) is 4. The Balaban J connectivity index is 2.04. The predicted molar refractivity (Wildman–Crippen MR) is 86.0 cm³/mol. The van der Waals surface area contributed by atoms with E-state index in [1.807, 2.05) is 42.5 Å². The Kier molecular flexibility index (Phi) is 3.54. The second-order valence-corrected chi connectivity index (χ2v) is 5.30. The topological polar surface area (TPSA) is 63.8 Å². The largest absolute Gasteiger partial charge is 0.373 e. The van der Waals surface area contributed by atoms with E-state index >= 15 is 0 Å². The Bertz CT molecular complexity index is 737.